The van der Waals surface area contributed by atoms with Crippen LogP contribution in [-0.4, -0.2) is 36.8 Å². The minimum Gasteiger partial charge on any atom is -0.446 e. The molecule has 1 aliphatic heterocycles. The molecule has 4 rings (SSSR count). The molecule has 0 saturated carbocycles. The van der Waals surface area contributed by atoms with E-state index in [2.05, 4.69) is 20.5 Å². The fourth-order valence-electron chi connectivity index (χ4n) is 2.89. The summed E-state index contributed by atoms with van der Waals surface area (Å²) in [6.45, 7) is 0.735. The molecule has 9 heteroatoms. The van der Waals surface area contributed by atoms with Crippen molar-refractivity contribution in [2.24, 2.45) is 7.05 Å². The minimum atomic E-state index is -0.250. The van der Waals surface area contributed by atoms with Gasteiger partial charge in [-0.05, 0) is 43.2 Å². The lowest BCUT2D eigenvalue weighted by molar-refractivity contribution is -0.124. The van der Waals surface area contributed by atoms with E-state index in [4.69, 9.17) is 4.42 Å². The fraction of sp³-hybridized carbons (Fsp3) is 0.375. The van der Waals surface area contributed by atoms with E-state index in [0.717, 1.165) is 31.0 Å². The number of hydrogen-bond acceptors (Lipinski definition) is 6. The van der Waals surface area contributed by atoms with Gasteiger partial charge < -0.3 is 18.9 Å². The number of nitrogens with zero attached hydrogens (tertiary/aromatic N) is 5. The Bertz CT molecular complexity index is 883. The van der Waals surface area contributed by atoms with Crippen molar-refractivity contribution in [2.75, 3.05) is 6.54 Å². The third-order valence-electron chi connectivity index (χ3n) is 4.17. The van der Waals surface area contributed by atoms with Crippen molar-refractivity contribution >= 4 is 17.7 Å². The first-order valence-corrected chi connectivity index (χ1v) is 8.96. The Labute approximate surface area is 148 Å². The SMILES string of the molecule is Cn1cnnc1Sc1ccc(-c2nccn2[C@@H]2CCCCNC2=O)o1. The summed E-state index contributed by atoms with van der Waals surface area (Å²) in [6.07, 6.45) is 7.99. The first-order valence-electron chi connectivity index (χ1n) is 8.15. The van der Waals surface area contributed by atoms with Crippen LogP contribution in [0.3, 0.4) is 0 Å². The highest BCUT2D eigenvalue weighted by Crippen LogP contribution is 2.32. The second-order valence-electron chi connectivity index (χ2n) is 5.91. The monoisotopic (exact) mass is 358 g/mol. The molecule has 1 aliphatic rings. The fourth-order valence-corrected chi connectivity index (χ4v) is 3.62. The molecule has 0 aromatic carbocycles. The van der Waals surface area contributed by atoms with Gasteiger partial charge >= 0.3 is 0 Å². The van der Waals surface area contributed by atoms with Gasteiger partial charge in [0.2, 0.25) is 5.91 Å². The van der Waals surface area contributed by atoms with Gasteiger partial charge in [-0.3, -0.25) is 4.79 Å². The molecule has 0 spiro atoms. The van der Waals surface area contributed by atoms with E-state index in [-0.39, 0.29) is 11.9 Å². The molecule has 1 atom stereocenters. The second kappa shape index (κ2) is 6.75. The normalized spacial score (nSPS) is 18.1. The molecule has 0 bridgehead atoms. The van der Waals surface area contributed by atoms with Crippen LogP contribution in [0, 0.1) is 0 Å². The quantitative estimate of drug-likeness (QED) is 0.769. The average molecular weight is 358 g/mol. The molecule has 1 N–H and O–H groups in total. The molecule has 0 unspecified atom stereocenters. The predicted octanol–water partition coefficient (Wildman–Crippen LogP) is 2.26. The predicted molar refractivity (Wildman–Crippen MR) is 91.0 cm³/mol. The van der Waals surface area contributed by atoms with Gasteiger partial charge in [0.15, 0.2) is 21.8 Å². The molecule has 1 saturated heterocycles. The molecule has 25 heavy (non-hydrogen) atoms. The third-order valence-corrected chi connectivity index (χ3v) is 5.15. The number of carbonyl (C=O) groups excluding carboxylic acids is 1. The van der Waals surface area contributed by atoms with Crippen LogP contribution in [0.5, 0.6) is 0 Å². The largest absolute Gasteiger partial charge is 0.446 e. The first-order chi connectivity index (χ1) is 12.2. The maximum Gasteiger partial charge on any atom is 0.243 e. The highest BCUT2D eigenvalue weighted by atomic mass is 32.2. The molecular formula is C16H18N6O2S. The molecule has 0 radical (unpaired) electrons. The van der Waals surface area contributed by atoms with Gasteiger partial charge in [-0.1, -0.05) is 0 Å². The smallest absolute Gasteiger partial charge is 0.243 e. The van der Waals surface area contributed by atoms with Crippen LogP contribution in [-0.2, 0) is 11.8 Å². The molecule has 0 aliphatic carbocycles. The molecule has 3 aromatic heterocycles. The van der Waals surface area contributed by atoms with Crippen molar-refractivity contribution < 1.29 is 9.21 Å². The second-order valence-corrected chi connectivity index (χ2v) is 6.88. The van der Waals surface area contributed by atoms with E-state index >= 15 is 0 Å². The van der Waals surface area contributed by atoms with Crippen LogP contribution in [0.15, 0.2) is 45.5 Å². The van der Waals surface area contributed by atoms with E-state index in [9.17, 15) is 4.79 Å². The number of nitrogens with one attached hydrogen (secondary N) is 1. The average Bonchev–Trinajstić information content (AvgIpc) is 3.30. The number of rotatable bonds is 4. The van der Waals surface area contributed by atoms with Gasteiger partial charge in [-0.15, -0.1) is 10.2 Å². The highest BCUT2D eigenvalue weighted by molar-refractivity contribution is 7.99. The van der Waals surface area contributed by atoms with E-state index in [1.54, 1.807) is 12.5 Å². The van der Waals surface area contributed by atoms with Gasteiger partial charge in [0.25, 0.3) is 0 Å². The van der Waals surface area contributed by atoms with E-state index in [1.807, 2.05) is 34.5 Å². The Morgan fingerprint density at radius 3 is 3.12 bits per heavy atom. The summed E-state index contributed by atoms with van der Waals surface area (Å²) in [6, 6.07) is 3.49. The van der Waals surface area contributed by atoms with Gasteiger partial charge in [0.1, 0.15) is 12.4 Å². The lowest BCUT2D eigenvalue weighted by atomic mass is 10.1. The molecule has 1 fully saturated rings. The standard InChI is InChI=1S/C16H18N6O2S/c1-21-10-19-20-16(21)25-13-6-5-12(24-13)14-17-8-9-22(14)11-4-2-3-7-18-15(11)23/h5-6,8-11H,2-4,7H2,1H3,(H,18,23)/t11-/m1/s1. The van der Waals surface area contributed by atoms with Gasteiger partial charge in [-0.25, -0.2) is 4.98 Å². The number of imidazole rings is 1. The summed E-state index contributed by atoms with van der Waals surface area (Å²) < 4.78 is 9.64. The zero-order chi connectivity index (χ0) is 17.2. The zero-order valence-electron chi connectivity index (χ0n) is 13.8. The van der Waals surface area contributed by atoms with Crippen LogP contribution >= 0.6 is 11.8 Å². The van der Waals surface area contributed by atoms with Crippen molar-refractivity contribution in [3.05, 3.63) is 30.9 Å². The Kier molecular flexibility index (Phi) is 4.31. The number of furan rings is 1. The Morgan fingerprint density at radius 2 is 2.28 bits per heavy atom. The zero-order valence-corrected chi connectivity index (χ0v) is 14.6. The van der Waals surface area contributed by atoms with Crippen LogP contribution < -0.4 is 5.32 Å². The molecule has 3 aromatic rings. The Balaban J connectivity index is 1.60. The van der Waals surface area contributed by atoms with E-state index in [0.29, 0.717) is 16.7 Å². The molecule has 4 heterocycles. The van der Waals surface area contributed by atoms with Crippen molar-refractivity contribution in [1.82, 2.24) is 29.6 Å². The number of amides is 1. The van der Waals surface area contributed by atoms with Gasteiger partial charge in [-0.2, -0.15) is 0 Å². The van der Waals surface area contributed by atoms with Crippen molar-refractivity contribution in [2.45, 2.75) is 35.6 Å². The van der Waals surface area contributed by atoms with Crippen LogP contribution in [0.25, 0.3) is 11.6 Å². The van der Waals surface area contributed by atoms with Gasteiger partial charge in [0, 0.05) is 26.0 Å². The first kappa shape index (κ1) is 15.9. The molecular weight excluding hydrogens is 340 g/mol. The highest BCUT2D eigenvalue weighted by Gasteiger charge is 2.25. The third kappa shape index (κ3) is 3.19. The van der Waals surface area contributed by atoms with Crippen molar-refractivity contribution in [3.63, 3.8) is 0 Å². The summed E-state index contributed by atoms with van der Waals surface area (Å²) in [7, 11) is 1.88. The number of aromatic nitrogens is 5. The summed E-state index contributed by atoms with van der Waals surface area (Å²) in [5.41, 5.74) is 0. The van der Waals surface area contributed by atoms with Gasteiger partial charge in [0.05, 0.1) is 0 Å². The topological polar surface area (TPSA) is 90.8 Å². The summed E-state index contributed by atoms with van der Waals surface area (Å²) >= 11 is 1.39. The Morgan fingerprint density at radius 1 is 1.36 bits per heavy atom. The maximum atomic E-state index is 12.3. The Hall–Kier alpha value is -2.55. The van der Waals surface area contributed by atoms with E-state index < -0.39 is 0 Å². The summed E-state index contributed by atoms with van der Waals surface area (Å²) in [5, 5.41) is 12.3. The number of hydrogen-bond donors (Lipinski definition) is 1. The maximum absolute atomic E-state index is 12.3. The van der Waals surface area contributed by atoms with Crippen molar-refractivity contribution in [3.8, 4) is 11.6 Å². The van der Waals surface area contributed by atoms with Crippen molar-refractivity contribution in [1.29, 1.82) is 0 Å². The lowest BCUT2D eigenvalue weighted by Crippen LogP contribution is -2.30. The van der Waals surface area contributed by atoms with Crippen LogP contribution in [0.1, 0.15) is 25.3 Å². The van der Waals surface area contributed by atoms with E-state index in [1.165, 1.54) is 11.8 Å². The molecule has 1 amide bonds. The lowest BCUT2D eigenvalue weighted by Gasteiger charge is -2.16. The summed E-state index contributed by atoms with van der Waals surface area (Å²) in [4.78, 5) is 16.7. The molecule has 8 nitrogen and oxygen atoms in total. The molecule has 130 valence electrons. The van der Waals surface area contributed by atoms with Crippen LogP contribution in [0.2, 0.25) is 0 Å². The summed E-state index contributed by atoms with van der Waals surface area (Å²) in [5.74, 6) is 1.33. The minimum absolute atomic E-state index is 0.0389. The number of carbonyl (C=O) groups is 1. The van der Waals surface area contributed by atoms with Crippen LogP contribution in [0.4, 0.5) is 0 Å². The number of aryl methyl sites for hydroxylation is 1.